The zero-order chi connectivity index (χ0) is 14.0. The van der Waals surface area contributed by atoms with Crippen LogP contribution in [0.4, 0.5) is 22.0 Å². The van der Waals surface area contributed by atoms with Crippen LogP contribution in [0, 0.1) is 29.1 Å². The van der Waals surface area contributed by atoms with E-state index >= 15 is 0 Å². The van der Waals surface area contributed by atoms with Gasteiger partial charge in [-0.25, -0.2) is 18.0 Å². The Morgan fingerprint density at radius 2 is 1.39 bits per heavy atom. The fourth-order valence-electron chi connectivity index (χ4n) is 0.904. The molecule has 1 rings (SSSR count). The second kappa shape index (κ2) is 5.13. The molecular formula is C10H5F5O3. The van der Waals surface area contributed by atoms with Crippen molar-refractivity contribution in [1.82, 2.24) is 0 Å². The molecule has 0 aromatic heterocycles. The number of carbonyl (C=O) groups excluding carboxylic acids is 1. The van der Waals surface area contributed by atoms with E-state index in [1.165, 1.54) is 0 Å². The van der Waals surface area contributed by atoms with E-state index in [0.29, 0.717) is 0 Å². The second-order valence-corrected chi connectivity index (χ2v) is 3.05. The van der Waals surface area contributed by atoms with E-state index in [1.807, 2.05) is 0 Å². The van der Waals surface area contributed by atoms with Crippen LogP contribution in [0.2, 0.25) is 0 Å². The lowest BCUT2D eigenvalue weighted by Crippen LogP contribution is -2.16. The molecule has 8 heteroatoms. The number of hydrogen-bond donors (Lipinski definition) is 1. The van der Waals surface area contributed by atoms with E-state index in [2.05, 4.69) is 11.3 Å². The van der Waals surface area contributed by atoms with Gasteiger partial charge in [-0.2, -0.15) is 8.78 Å². The van der Waals surface area contributed by atoms with Gasteiger partial charge in [0.05, 0.1) is 12.2 Å². The van der Waals surface area contributed by atoms with Gasteiger partial charge in [0.1, 0.15) is 0 Å². The summed E-state index contributed by atoms with van der Waals surface area (Å²) in [4.78, 5) is 11.0. The van der Waals surface area contributed by atoms with E-state index in [1.54, 1.807) is 0 Å². The highest BCUT2D eigenvalue weighted by Crippen LogP contribution is 2.29. The quantitative estimate of drug-likeness (QED) is 0.227. The number of esters is 1. The predicted octanol–water partition coefficient (Wildman–Crippen LogP) is 1.84. The highest BCUT2D eigenvalue weighted by atomic mass is 19.2. The summed E-state index contributed by atoms with van der Waals surface area (Å²) in [6.07, 6.45) is 0. The number of halogens is 5. The zero-order valence-corrected chi connectivity index (χ0v) is 8.57. The molecule has 0 heterocycles. The Kier molecular flexibility index (Phi) is 4.02. The van der Waals surface area contributed by atoms with Gasteiger partial charge in [-0.1, -0.05) is 6.58 Å². The van der Waals surface area contributed by atoms with Gasteiger partial charge in [-0.05, 0) is 0 Å². The molecular weight excluding hydrogens is 263 g/mol. The third kappa shape index (κ3) is 2.33. The molecule has 0 spiro atoms. The molecule has 0 unspecified atom stereocenters. The molecule has 1 N–H and O–H groups in total. The largest absolute Gasteiger partial charge is 0.417 e. The Morgan fingerprint density at radius 1 is 1.00 bits per heavy atom. The molecule has 0 radical (unpaired) electrons. The number of carbonyl (C=O) groups is 1. The minimum atomic E-state index is -2.37. The first-order valence-electron chi connectivity index (χ1n) is 4.33. The molecule has 0 fully saturated rings. The predicted molar refractivity (Wildman–Crippen MR) is 48.1 cm³/mol. The average Bonchev–Trinajstić information content (AvgIpc) is 2.37. The van der Waals surface area contributed by atoms with Crippen LogP contribution >= 0.6 is 0 Å². The second-order valence-electron chi connectivity index (χ2n) is 3.05. The number of hydrogen-bond acceptors (Lipinski definition) is 3. The van der Waals surface area contributed by atoms with Gasteiger partial charge in [0, 0.05) is 0 Å². The van der Waals surface area contributed by atoms with Gasteiger partial charge >= 0.3 is 5.97 Å². The SMILES string of the molecule is C=C(CO)C(=O)Oc1c(F)c(F)c(F)c(F)c1F. The molecule has 1 aromatic carbocycles. The molecule has 0 saturated heterocycles. The molecule has 0 bridgehead atoms. The monoisotopic (exact) mass is 268 g/mol. The Morgan fingerprint density at radius 3 is 1.78 bits per heavy atom. The average molecular weight is 268 g/mol. The van der Waals surface area contributed by atoms with Crippen LogP contribution in [-0.2, 0) is 4.79 Å². The topological polar surface area (TPSA) is 46.5 Å². The van der Waals surface area contributed by atoms with Crippen LogP contribution in [0.5, 0.6) is 5.75 Å². The number of aliphatic hydroxyl groups is 1. The molecule has 0 aliphatic carbocycles. The maximum absolute atomic E-state index is 13.0. The Labute approximate surface area is 97.1 Å². The van der Waals surface area contributed by atoms with E-state index in [9.17, 15) is 26.7 Å². The first-order valence-corrected chi connectivity index (χ1v) is 4.33. The summed E-state index contributed by atoms with van der Waals surface area (Å²) < 4.78 is 68.1. The van der Waals surface area contributed by atoms with E-state index < -0.39 is 53.0 Å². The van der Waals surface area contributed by atoms with Gasteiger partial charge < -0.3 is 9.84 Å². The molecule has 0 amide bonds. The maximum Gasteiger partial charge on any atom is 0.341 e. The Balaban J connectivity index is 3.26. The van der Waals surface area contributed by atoms with Crippen LogP contribution in [0.25, 0.3) is 0 Å². The van der Waals surface area contributed by atoms with Crippen molar-refractivity contribution in [2.24, 2.45) is 0 Å². The van der Waals surface area contributed by atoms with E-state index in [0.717, 1.165) is 0 Å². The van der Waals surface area contributed by atoms with Gasteiger partial charge in [0.2, 0.25) is 34.8 Å². The van der Waals surface area contributed by atoms with Crippen LogP contribution in [0.1, 0.15) is 0 Å². The van der Waals surface area contributed by atoms with Gasteiger partial charge in [-0.15, -0.1) is 0 Å². The smallest absolute Gasteiger partial charge is 0.341 e. The molecule has 0 saturated carbocycles. The maximum atomic E-state index is 13.0. The Bertz CT molecular complexity index is 498. The van der Waals surface area contributed by atoms with Crippen molar-refractivity contribution in [1.29, 1.82) is 0 Å². The minimum absolute atomic E-state index is 0.612. The van der Waals surface area contributed by atoms with Gasteiger partial charge in [-0.3, -0.25) is 0 Å². The molecule has 0 atom stereocenters. The van der Waals surface area contributed by atoms with E-state index in [-0.39, 0.29) is 0 Å². The van der Waals surface area contributed by atoms with Crippen molar-refractivity contribution in [2.75, 3.05) is 6.61 Å². The van der Waals surface area contributed by atoms with E-state index in [4.69, 9.17) is 5.11 Å². The summed E-state index contributed by atoms with van der Waals surface area (Å²) in [5, 5.41) is 8.48. The minimum Gasteiger partial charge on any atom is -0.417 e. The third-order valence-electron chi connectivity index (χ3n) is 1.84. The fraction of sp³-hybridized carbons (Fsp3) is 0.100. The zero-order valence-electron chi connectivity index (χ0n) is 8.57. The van der Waals surface area contributed by atoms with Crippen molar-refractivity contribution in [3.63, 3.8) is 0 Å². The van der Waals surface area contributed by atoms with Crippen LogP contribution in [-0.4, -0.2) is 17.7 Å². The van der Waals surface area contributed by atoms with Gasteiger partial charge in [0.15, 0.2) is 0 Å². The van der Waals surface area contributed by atoms with Gasteiger partial charge in [0.25, 0.3) is 0 Å². The molecule has 1 aromatic rings. The molecule has 98 valence electrons. The number of aliphatic hydroxyl groups excluding tert-OH is 1. The number of ether oxygens (including phenoxy) is 1. The van der Waals surface area contributed by atoms with Crippen molar-refractivity contribution < 1.29 is 36.6 Å². The normalized spacial score (nSPS) is 10.3. The fourth-order valence-corrected chi connectivity index (χ4v) is 0.904. The highest BCUT2D eigenvalue weighted by molar-refractivity contribution is 5.89. The van der Waals surface area contributed by atoms with Crippen LogP contribution in [0.15, 0.2) is 12.2 Å². The third-order valence-corrected chi connectivity index (χ3v) is 1.84. The Hall–Kier alpha value is -1.96. The summed E-state index contributed by atoms with van der Waals surface area (Å²) in [5.74, 6) is -14.7. The first kappa shape index (κ1) is 14.1. The molecule has 0 aliphatic heterocycles. The summed E-state index contributed by atoms with van der Waals surface area (Å²) in [6.45, 7) is 2.07. The lowest BCUT2D eigenvalue weighted by molar-refractivity contribution is -0.131. The van der Waals surface area contributed by atoms with Crippen molar-refractivity contribution in [2.45, 2.75) is 0 Å². The van der Waals surface area contributed by atoms with Crippen molar-refractivity contribution in [3.05, 3.63) is 41.2 Å². The molecule has 18 heavy (non-hydrogen) atoms. The highest BCUT2D eigenvalue weighted by Gasteiger charge is 2.28. The summed E-state index contributed by atoms with van der Waals surface area (Å²) in [7, 11) is 0. The van der Waals surface area contributed by atoms with Crippen molar-refractivity contribution >= 4 is 5.97 Å². The van der Waals surface area contributed by atoms with Crippen molar-refractivity contribution in [3.8, 4) is 5.75 Å². The van der Waals surface area contributed by atoms with Crippen LogP contribution in [0.3, 0.4) is 0 Å². The standard InChI is InChI=1S/C10H5F5O3/c1-3(2-16)10(17)18-9-7(14)5(12)4(11)6(13)8(9)15/h16H,1-2H2. The lowest BCUT2D eigenvalue weighted by Gasteiger charge is -2.08. The first-order chi connectivity index (χ1) is 8.31. The molecule has 0 aliphatic rings. The number of rotatable bonds is 3. The summed E-state index contributed by atoms with van der Waals surface area (Å²) in [5.41, 5.74) is -0.612. The van der Waals surface area contributed by atoms with Crippen LogP contribution < -0.4 is 4.74 Å². The summed E-state index contributed by atoms with van der Waals surface area (Å²) in [6, 6.07) is 0. The summed E-state index contributed by atoms with van der Waals surface area (Å²) >= 11 is 0. The molecule has 3 nitrogen and oxygen atoms in total. The number of benzene rings is 1. The lowest BCUT2D eigenvalue weighted by atomic mass is 10.2.